The van der Waals surface area contributed by atoms with Crippen LogP contribution in [0.4, 0.5) is 0 Å². The van der Waals surface area contributed by atoms with Crippen molar-refractivity contribution in [2.75, 3.05) is 12.8 Å². The topological polar surface area (TPSA) is 88.9 Å². The van der Waals surface area contributed by atoms with E-state index in [-0.39, 0.29) is 17.7 Å². The lowest BCUT2D eigenvalue weighted by Gasteiger charge is -2.21. The van der Waals surface area contributed by atoms with Crippen LogP contribution in [0.2, 0.25) is 0 Å². The lowest BCUT2D eigenvalue weighted by molar-refractivity contribution is -0.123. The first kappa shape index (κ1) is 25.9. The number of hydrogen-bond acceptors (Lipinski definition) is 5. The summed E-state index contributed by atoms with van der Waals surface area (Å²) in [5.74, 6) is 1.37. The Morgan fingerprint density at radius 3 is 2.44 bits per heavy atom. The van der Waals surface area contributed by atoms with Gasteiger partial charge in [0.2, 0.25) is 5.91 Å². The Morgan fingerprint density at radius 2 is 1.81 bits per heavy atom. The van der Waals surface area contributed by atoms with Crippen molar-refractivity contribution >= 4 is 23.6 Å². The summed E-state index contributed by atoms with van der Waals surface area (Å²) in [6.45, 7) is 11.7. The lowest BCUT2D eigenvalue weighted by Crippen LogP contribution is -2.47. The third-order valence-corrected chi connectivity index (χ3v) is 5.79. The number of carbonyl (C=O) groups is 2. The molecule has 2 N–H and O–H groups in total. The van der Waals surface area contributed by atoms with Crippen molar-refractivity contribution in [3.63, 3.8) is 0 Å². The quantitative estimate of drug-likeness (QED) is 0.372. The van der Waals surface area contributed by atoms with Crippen LogP contribution in [-0.2, 0) is 17.8 Å². The normalized spacial score (nSPS) is 12.2. The molecule has 1 unspecified atom stereocenters. The van der Waals surface area contributed by atoms with Crippen molar-refractivity contribution in [2.45, 2.75) is 71.6 Å². The van der Waals surface area contributed by atoms with Gasteiger partial charge in [0, 0.05) is 25.1 Å². The molecule has 0 spiro atoms. The van der Waals surface area contributed by atoms with Crippen LogP contribution in [-0.4, -0.2) is 45.4 Å². The molecule has 0 radical (unpaired) electrons. The van der Waals surface area contributed by atoms with Gasteiger partial charge in [-0.15, -0.1) is 10.2 Å². The minimum absolute atomic E-state index is 0.144. The van der Waals surface area contributed by atoms with Crippen molar-refractivity contribution in [3.8, 4) is 0 Å². The number of aromatic nitrogens is 3. The summed E-state index contributed by atoms with van der Waals surface area (Å²) in [4.78, 5) is 25.6. The molecule has 0 aliphatic rings. The number of benzene rings is 1. The molecule has 0 saturated carbocycles. The molecule has 176 valence electrons. The summed E-state index contributed by atoms with van der Waals surface area (Å²) in [6, 6.07) is 6.85. The second-order valence-corrected chi connectivity index (χ2v) is 9.75. The van der Waals surface area contributed by atoms with Gasteiger partial charge in [0.1, 0.15) is 11.9 Å². The number of carbonyl (C=O) groups excluding carboxylic acids is 2. The van der Waals surface area contributed by atoms with Crippen molar-refractivity contribution in [1.82, 2.24) is 25.4 Å². The first-order chi connectivity index (χ1) is 15.2. The zero-order valence-electron chi connectivity index (χ0n) is 20.1. The van der Waals surface area contributed by atoms with E-state index in [1.165, 1.54) is 0 Å². The van der Waals surface area contributed by atoms with E-state index in [9.17, 15) is 9.59 Å². The molecule has 32 heavy (non-hydrogen) atoms. The second kappa shape index (κ2) is 12.6. The van der Waals surface area contributed by atoms with Crippen LogP contribution in [0.25, 0.3) is 0 Å². The van der Waals surface area contributed by atoms with Crippen LogP contribution in [0.15, 0.2) is 29.4 Å². The maximum atomic E-state index is 12.8. The third-order valence-electron chi connectivity index (χ3n) is 5.12. The van der Waals surface area contributed by atoms with E-state index in [0.717, 1.165) is 35.9 Å². The zero-order valence-corrected chi connectivity index (χ0v) is 21.0. The van der Waals surface area contributed by atoms with Gasteiger partial charge in [0.15, 0.2) is 5.16 Å². The predicted octanol–water partition coefficient (Wildman–Crippen LogP) is 3.86. The summed E-state index contributed by atoms with van der Waals surface area (Å²) in [5.41, 5.74) is 1.49. The molecule has 8 heteroatoms. The first-order valence-electron chi connectivity index (χ1n) is 11.3. The Morgan fingerprint density at radius 1 is 1.09 bits per heavy atom. The van der Waals surface area contributed by atoms with Crippen molar-refractivity contribution in [1.29, 1.82) is 0 Å². The zero-order chi connectivity index (χ0) is 23.7. The van der Waals surface area contributed by atoms with Gasteiger partial charge in [-0.3, -0.25) is 9.59 Å². The minimum atomic E-state index is -0.560. The molecule has 2 rings (SSSR count). The Hall–Kier alpha value is -2.35. The number of rotatable bonds is 12. The molecule has 0 aliphatic carbocycles. The summed E-state index contributed by atoms with van der Waals surface area (Å²) >= 11 is 1.60. The van der Waals surface area contributed by atoms with E-state index >= 15 is 0 Å². The van der Waals surface area contributed by atoms with Crippen LogP contribution in [0.5, 0.6) is 0 Å². The number of hydrogen-bond donors (Lipinski definition) is 2. The van der Waals surface area contributed by atoms with E-state index in [1.807, 2.05) is 45.2 Å². The Kier molecular flexibility index (Phi) is 10.2. The van der Waals surface area contributed by atoms with Gasteiger partial charge in [-0.05, 0) is 49.5 Å². The smallest absolute Gasteiger partial charge is 0.252 e. The molecule has 7 nitrogen and oxygen atoms in total. The second-order valence-electron chi connectivity index (χ2n) is 8.97. The molecule has 1 atom stereocenters. The molecule has 1 aromatic carbocycles. The highest BCUT2D eigenvalue weighted by Crippen LogP contribution is 2.17. The highest BCUT2D eigenvalue weighted by Gasteiger charge is 2.23. The van der Waals surface area contributed by atoms with Gasteiger partial charge in [0.05, 0.1) is 0 Å². The lowest BCUT2D eigenvalue weighted by atomic mass is 10.0. The number of thioether (sulfide) groups is 1. The standard InChI is InChI=1S/C24H37N5O2S/c1-16(2)14-20(26-22(30)19-11-8-7-10-18(19)5)23(31)25-13-9-12-21-27-28-24(32-6)29(21)15-17(3)4/h7-8,10-11,16-17,20H,9,12-15H2,1-6H3,(H,25,31)(H,26,30). The van der Waals surface area contributed by atoms with E-state index in [4.69, 9.17) is 0 Å². The fourth-order valence-electron chi connectivity index (χ4n) is 3.55. The number of aryl methyl sites for hydroxylation is 2. The molecule has 2 amide bonds. The maximum Gasteiger partial charge on any atom is 0.252 e. The Bertz CT molecular complexity index is 894. The fraction of sp³-hybridized carbons (Fsp3) is 0.583. The maximum absolute atomic E-state index is 12.8. The highest BCUT2D eigenvalue weighted by atomic mass is 32.2. The molecule has 2 aromatic rings. The Labute approximate surface area is 196 Å². The molecule has 0 aliphatic heterocycles. The minimum Gasteiger partial charge on any atom is -0.354 e. The predicted molar refractivity (Wildman–Crippen MR) is 130 cm³/mol. The molecule has 1 heterocycles. The van der Waals surface area contributed by atoms with Gasteiger partial charge < -0.3 is 15.2 Å². The summed E-state index contributed by atoms with van der Waals surface area (Å²) in [6.07, 6.45) is 4.09. The Balaban J connectivity index is 1.93. The molecule has 1 aromatic heterocycles. The third kappa shape index (κ3) is 7.65. The van der Waals surface area contributed by atoms with E-state index in [1.54, 1.807) is 17.8 Å². The number of amides is 2. The summed E-state index contributed by atoms with van der Waals surface area (Å²) in [5, 5.41) is 15.5. The first-order valence-corrected chi connectivity index (χ1v) is 12.6. The SMILES string of the molecule is CSc1nnc(CCCNC(=O)C(CC(C)C)NC(=O)c2ccccc2C)n1CC(C)C. The monoisotopic (exact) mass is 459 g/mol. The van der Waals surface area contributed by atoms with Crippen LogP contribution < -0.4 is 10.6 Å². The van der Waals surface area contributed by atoms with Gasteiger partial charge in [-0.1, -0.05) is 57.7 Å². The van der Waals surface area contributed by atoms with Gasteiger partial charge in [-0.2, -0.15) is 0 Å². The highest BCUT2D eigenvalue weighted by molar-refractivity contribution is 7.98. The van der Waals surface area contributed by atoms with E-state index < -0.39 is 6.04 Å². The van der Waals surface area contributed by atoms with Crippen molar-refractivity contribution in [3.05, 3.63) is 41.2 Å². The summed E-state index contributed by atoms with van der Waals surface area (Å²) < 4.78 is 2.17. The molecular formula is C24H37N5O2S. The van der Waals surface area contributed by atoms with Gasteiger partial charge in [0.25, 0.3) is 5.91 Å². The summed E-state index contributed by atoms with van der Waals surface area (Å²) in [7, 11) is 0. The fourth-order valence-corrected chi connectivity index (χ4v) is 4.07. The number of nitrogens with one attached hydrogen (secondary N) is 2. The van der Waals surface area contributed by atoms with Crippen LogP contribution >= 0.6 is 11.8 Å². The number of nitrogens with zero attached hydrogens (tertiary/aromatic N) is 3. The molecule has 0 bridgehead atoms. The average molecular weight is 460 g/mol. The van der Waals surface area contributed by atoms with Crippen LogP contribution in [0.1, 0.15) is 62.3 Å². The van der Waals surface area contributed by atoms with E-state index in [2.05, 4.69) is 39.2 Å². The largest absolute Gasteiger partial charge is 0.354 e. The van der Waals surface area contributed by atoms with Gasteiger partial charge >= 0.3 is 0 Å². The van der Waals surface area contributed by atoms with E-state index in [0.29, 0.717) is 24.4 Å². The molecule has 0 saturated heterocycles. The van der Waals surface area contributed by atoms with Crippen LogP contribution in [0.3, 0.4) is 0 Å². The average Bonchev–Trinajstić information content (AvgIpc) is 3.11. The van der Waals surface area contributed by atoms with Gasteiger partial charge in [-0.25, -0.2) is 0 Å². The molecular weight excluding hydrogens is 422 g/mol. The van der Waals surface area contributed by atoms with Crippen molar-refractivity contribution < 1.29 is 9.59 Å². The van der Waals surface area contributed by atoms with Crippen molar-refractivity contribution in [2.24, 2.45) is 11.8 Å². The van der Waals surface area contributed by atoms with Crippen LogP contribution in [0, 0.1) is 18.8 Å². The molecule has 0 fully saturated rings.